The van der Waals surface area contributed by atoms with Gasteiger partial charge in [0, 0.05) is 42.1 Å². The summed E-state index contributed by atoms with van der Waals surface area (Å²) >= 11 is 3.64. The molecule has 0 aliphatic carbocycles. The molecule has 0 saturated carbocycles. The maximum absolute atomic E-state index is 11.7. The van der Waals surface area contributed by atoms with E-state index in [4.69, 9.17) is 9.97 Å². The number of anilines is 2. The molecule has 4 rings (SSSR count). The standard InChI is InChI=1S/C20H26BrN5O2S/c1-14-8-11-25(12-9-14)20-22-18-16(6-3-7-17(18)21)19(23-20)26-10-4-5-15(13-26)24-29(2,27)28/h3,6-8,15,24H,4-5,9-13H2,1-2H3/t15-/m1/s1. The van der Waals surface area contributed by atoms with Crippen molar-refractivity contribution in [1.82, 2.24) is 14.7 Å². The zero-order chi connectivity index (χ0) is 20.6. The molecule has 2 aromatic rings. The number of fused-ring (bicyclic) bond motifs is 1. The van der Waals surface area contributed by atoms with E-state index in [1.54, 1.807) is 0 Å². The minimum absolute atomic E-state index is 0.111. The zero-order valence-electron chi connectivity index (χ0n) is 16.7. The molecule has 29 heavy (non-hydrogen) atoms. The minimum atomic E-state index is -3.24. The Bertz CT molecular complexity index is 1060. The number of hydrogen-bond acceptors (Lipinski definition) is 6. The molecule has 1 aromatic heterocycles. The lowest BCUT2D eigenvalue weighted by atomic mass is 10.1. The number of aromatic nitrogens is 2. The molecule has 3 heterocycles. The lowest BCUT2D eigenvalue weighted by Crippen LogP contribution is -2.47. The molecule has 1 fully saturated rings. The number of halogens is 1. The highest BCUT2D eigenvalue weighted by Crippen LogP contribution is 2.33. The van der Waals surface area contributed by atoms with Crippen molar-refractivity contribution < 1.29 is 8.42 Å². The average molecular weight is 480 g/mol. The van der Waals surface area contributed by atoms with E-state index < -0.39 is 10.0 Å². The fourth-order valence-corrected chi connectivity index (χ4v) is 5.25. The SMILES string of the molecule is CC1=CCN(c2nc(N3CCC[C@@H](NS(C)(=O)=O)C3)c3cccc(Br)c3n2)CC1. The van der Waals surface area contributed by atoms with Gasteiger partial charge in [-0.25, -0.2) is 18.1 Å². The number of para-hydroxylation sites is 1. The van der Waals surface area contributed by atoms with Crippen molar-refractivity contribution in [3.05, 3.63) is 34.3 Å². The van der Waals surface area contributed by atoms with E-state index in [2.05, 4.69) is 43.5 Å². The first-order chi connectivity index (χ1) is 13.8. The Kier molecular flexibility index (Phi) is 5.81. The number of rotatable bonds is 4. The second kappa shape index (κ2) is 8.20. The second-order valence-corrected chi connectivity index (χ2v) is 10.5. The van der Waals surface area contributed by atoms with E-state index in [-0.39, 0.29) is 6.04 Å². The monoisotopic (exact) mass is 479 g/mol. The van der Waals surface area contributed by atoms with Crippen LogP contribution in [0.5, 0.6) is 0 Å². The number of nitrogens with zero attached hydrogens (tertiary/aromatic N) is 4. The van der Waals surface area contributed by atoms with Crippen molar-refractivity contribution in [2.45, 2.75) is 32.2 Å². The molecule has 0 amide bonds. The number of hydrogen-bond donors (Lipinski definition) is 1. The van der Waals surface area contributed by atoms with E-state index >= 15 is 0 Å². The van der Waals surface area contributed by atoms with Crippen LogP contribution in [0.25, 0.3) is 10.9 Å². The summed E-state index contributed by atoms with van der Waals surface area (Å²) in [5.74, 6) is 1.60. The Labute approximate surface area is 180 Å². The van der Waals surface area contributed by atoms with Crippen molar-refractivity contribution in [2.24, 2.45) is 0 Å². The smallest absolute Gasteiger partial charge is 0.228 e. The van der Waals surface area contributed by atoms with E-state index in [9.17, 15) is 8.42 Å². The topological polar surface area (TPSA) is 78.4 Å². The summed E-state index contributed by atoms with van der Waals surface area (Å²) in [5, 5.41) is 0.979. The quantitative estimate of drug-likeness (QED) is 0.678. The Morgan fingerprint density at radius 1 is 1.21 bits per heavy atom. The van der Waals surface area contributed by atoms with Crippen LogP contribution in [0, 0.1) is 0 Å². The van der Waals surface area contributed by atoms with Crippen LogP contribution in [-0.2, 0) is 10.0 Å². The molecule has 156 valence electrons. The van der Waals surface area contributed by atoms with Gasteiger partial charge in [0.05, 0.1) is 11.8 Å². The van der Waals surface area contributed by atoms with Crippen molar-refractivity contribution in [3.63, 3.8) is 0 Å². The van der Waals surface area contributed by atoms with Gasteiger partial charge in [-0.2, -0.15) is 4.98 Å². The summed E-state index contributed by atoms with van der Waals surface area (Å²) in [6, 6.07) is 5.91. The van der Waals surface area contributed by atoms with Gasteiger partial charge >= 0.3 is 0 Å². The normalized spacial score (nSPS) is 20.8. The molecule has 1 N–H and O–H groups in total. The molecular formula is C20H26BrN5O2S. The maximum atomic E-state index is 11.7. The minimum Gasteiger partial charge on any atom is -0.354 e. The van der Waals surface area contributed by atoms with Gasteiger partial charge in [0.25, 0.3) is 0 Å². The molecule has 9 heteroatoms. The van der Waals surface area contributed by atoms with Crippen LogP contribution < -0.4 is 14.5 Å². The number of nitrogens with one attached hydrogen (secondary N) is 1. The highest BCUT2D eigenvalue weighted by molar-refractivity contribution is 9.10. The molecular weight excluding hydrogens is 454 g/mol. The molecule has 7 nitrogen and oxygen atoms in total. The van der Waals surface area contributed by atoms with Crippen LogP contribution >= 0.6 is 15.9 Å². The fraction of sp³-hybridized carbons (Fsp3) is 0.500. The predicted molar refractivity (Wildman–Crippen MR) is 121 cm³/mol. The summed E-state index contributed by atoms with van der Waals surface area (Å²) in [5.41, 5.74) is 2.28. The van der Waals surface area contributed by atoms with Gasteiger partial charge < -0.3 is 9.80 Å². The van der Waals surface area contributed by atoms with Crippen LogP contribution in [0.4, 0.5) is 11.8 Å². The summed E-state index contributed by atoms with van der Waals surface area (Å²) in [4.78, 5) is 14.2. The zero-order valence-corrected chi connectivity index (χ0v) is 19.1. The number of benzene rings is 1. The Hall–Kier alpha value is -1.71. The number of piperidine rings is 1. The molecule has 2 aliphatic rings. The van der Waals surface area contributed by atoms with Crippen LogP contribution in [0.15, 0.2) is 34.3 Å². The molecule has 1 atom stereocenters. The summed E-state index contributed by atoms with van der Waals surface area (Å²) < 4.78 is 27.1. The lowest BCUT2D eigenvalue weighted by molar-refractivity contribution is 0.466. The first kappa shape index (κ1) is 20.6. The molecule has 0 bridgehead atoms. The summed E-state index contributed by atoms with van der Waals surface area (Å²) in [7, 11) is -3.24. The van der Waals surface area contributed by atoms with E-state index in [1.165, 1.54) is 11.8 Å². The third-order valence-electron chi connectivity index (χ3n) is 5.47. The first-order valence-corrected chi connectivity index (χ1v) is 12.6. The highest BCUT2D eigenvalue weighted by atomic mass is 79.9. The van der Waals surface area contributed by atoms with Crippen molar-refractivity contribution in [1.29, 1.82) is 0 Å². The molecule has 1 saturated heterocycles. The molecule has 0 unspecified atom stereocenters. The summed E-state index contributed by atoms with van der Waals surface area (Å²) in [6.45, 7) is 5.31. The van der Waals surface area contributed by atoms with Gasteiger partial charge in [-0.15, -0.1) is 0 Å². The third kappa shape index (κ3) is 4.73. The van der Waals surface area contributed by atoms with Gasteiger partial charge in [-0.3, -0.25) is 0 Å². The van der Waals surface area contributed by atoms with E-state index in [1.807, 2.05) is 18.2 Å². The predicted octanol–water partition coefficient (Wildman–Crippen LogP) is 3.07. The maximum Gasteiger partial charge on any atom is 0.228 e. The van der Waals surface area contributed by atoms with Crippen molar-refractivity contribution >= 4 is 48.6 Å². The molecule has 1 aromatic carbocycles. The van der Waals surface area contributed by atoms with Gasteiger partial charge in [0.15, 0.2) is 0 Å². The Balaban J connectivity index is 1.73. The Morgan fingerprint density at radius 3 is 2.76 bits per heavy atom. The fourth-order valence-electron chi connectivity index (χ4n) is 3.99. The molecule has 2 aliphatic heterocycles. The van der Waals surface area contributed by atoms with Crippen LogP contribution in [0.1, 0.15) is 26.2 Å². The molecule has 0 spiro atoms. The van der Waals surface area contributed by atoms with Crippen LogP contribution in [-0.4, -0.2) is 56.9 Å². The molecule has 0 radical (unpaired) electrons. The number of sulfonamides is 1. The van der Waals surface area contributed by atoms with Crippen LogP contribution in [0.3, 0.4) is 0 Å². The van der Waals surface area contributed by atoms with Gasteiger partial charge in [-0.05, 0) is 54.2 Å². The van der Waals surface area contributed by atoms with Crippen molar-refractivity contribution in [2.75, 3.05) is 42.2 Å². The average Bonchev–Trinajstić information content (AvgIpc) is 2.67. The first-order valence-electron chi connectivity index (χ1n) is 9.89. The lowest BCUT2D eigenvalue weighted by Gasteiger charge is -2.35. The van der Waals surface area contributed by atoms with Crippen molar-refractivity contribution in [3.8, 4) is 0 Å². The van der Waals surface area contributed by atoms with Gasteiger partial charge in [0.1, 0.15) is 5.82 Å². The van der Waals surface area contributed by atoms with Crippen LogP contribution in [0.2, 0.25) is 0 Å². The third-order valence-corrected chi connectivity index (χ3v) is 6.87. The largest absolute Gasteiger partial charge is 0.354 e. The van der Waals surface area contributed by atoms with Gasteiger partial charge in [-0.1, -0.05) is 17.7 Å². The second-order valence-electron chi connectivity index (χ2n) is 7.90. The summed E-state index contributed by atoms with van der Waals surface area (Å²) in [6.07, 6.45) is 6.20. The van der Waals surface area contributed by atoms with Gasteiger partial charge in [0.2, 0.25) is 16.0 Å². The highest BCUT2D eigenvalue weighted by Gasteiger charge is 2.26. The van der Waals surface area contributed by atoms with E-state index in [0.29, 0.717) is 6.54 Å². The van der Waals surface area contributed by atoms with E-state index in [0.717, 1.165) is 66.0 Å². The Morgan fingerprint density at radius 2 is 2.03 bits per heavy atom.